The summed E-state index contributed by atoms with van der Waals surface area (Å²) in [5.41, 5.74) is 1.32. The Hall–Kier alpha value is -3.00. The van der Waals surface area contributed by atoms with E-state index in [4.69, 9.17) is 28.2 Å². The van der Waals surface area contributed by atoms with Crippen molar-refractivity contribution in [3.63, 3.8) is 0 Å². The molecule has 1 aliphatic heterocycles. The van der Waals surface area contributed by atoms with Gasteiger partial charge in [0.05, 0.1) is 17.4 Å². The largest absolute Gasteiger partial charge is 0.506 e. The van der Waals surface area contributed by atoms with Crippen molar-refractivity contribution in [2.24, 2.45) is 0 Å². The summed E-state index contributed by atoms with van der Waals surface area (Å²) in [6.45, 7) is 0. The topological polar surface area (TPSA) is 61.5 Å². The first kappa shape index (κ1) is 20.9. The number of phenols is 1. The van der Waals surface area contributed by atoms with Gasteiger partial charge in [0.2, 0.25) is 0 Å². The predicted molar refractivity (Wildman–Crippen MR) is 130 cm³/mol. The molecule has 0 bridgehead atoms. The minimum atomic E-state index is -0.369. The Balaban J connectivity index is 1.57. The lowest BCUT2D eigenvalue weighted by atomic mass is 10.0. The van der Waals surface area contributed by atoms with Gasteiger partial charge >= 0.3 is 0 Å². The van der Waals surface area contributed by atoms with Gasteiger partial charge in [0, 0.05) is 16.1 Å². The van der Waals surface area contributed by atoms with E-state index in [0.29, 0.717) is 21.6 Å². The van der Waals surface area contributed by atoms with E-state index in [9.17, 15) is 5.11 Å². The second-order valence-electron chi connectivity index (χ2n) is 7.20. The average Bonchev–Trinajstić information content (AvgIpc) is 3.40. The molecule has 0 aliphatic carbocycles. The molecule has 0 radical (unpaired) electrons. The summed E-state index contributed by atoms with van der Waals surface area (Å²) >= 11 is 13.5. The highest BCUT2D eigenvalue weighted by molar-refractivity contribution is 7.99. The van der Waals surface area contributed by atoms with E-state index < -0.39 is 0 Å². The first-order valence-electron chi connectivity index (χ1n) is 9.92. The van der Waals surface area contributed by atoms with E-state index in [-0.39, 0.29) is 17.8 Å². The van der Waals surface area contributed by atoms with E-state index in [2.05, 4.69) is 10.3 Å². The fourth-order valence-electron chi connectivity index (χ4n) is 3.75. The highest BCUT2D eigenvalue weighted by Gasteiger charge is 2.43. The van der Waals surface area contributed by atoms with Crippen molar-refractivity contribution >= 4 is 46.4 Å². The van der Waals surface area contributed by atoms with Crippen LogP contribution in [0.3, 0.4) is 0 Å². The molecule has 5 rings (SSSR count). The molecular formula is C24H18ClN3O2S2. The van der Waals surface area contributed by atoms with Crippen molar-refractivity contribution in [3.05, 3.63) is 102 Å². The minimum absolute atomic E-state index is 0.0793. The zero-order valence-electron chi connectivity index (χ0n) is 16.7. The van der Waals surface area contributed by atoms with Crippen LogP contribution in [-0.4, -0.2) is 15.2 Å². The van der Waals surface area contributed by atoms with Gasteiger partial charge in [-0.05, 0) is 66.8 Å². The van der Waals surface area contributed by atoms with Crippen LogP contribution in [0, 0.1) is 0 Å². The summed E-state index contributed by atoms with van der Waals surface area (Å²) in [5, 5.41) is 15.7. The molecule has 160 valence electrons. The number of nitrogens with zero attached hydrogens (tertiary/aromatic N) is 2. The number of anilines is 1. The van der Waals surface area contributed by atoms with Gasteiger partial charge in [0.15, 0.2) is 10.2 Å². The van der Waals surface area contributed by atoms with Gasteiger partial charge in [-0.15, -0.1) is 0 Å². The van der Waals surface area contributed by atoms with Crippen molar-refractivity contribution in [1.82, 2.24) is 10.3 Å². The third-order valence-electron chi connectivity index (χ3n) is 5.15. The summed E-state index contributed by atoms with van der Waals surface area (Å²) in [4.78, 5) is 7.45. The molecule has 2 aromatic carbocycles. The van der Waals surface area contributed by atoms with Gasteiger partial charge in [-0.3, -0.25) is 4.98 Å². The fourth-order valence-corrected chi connectivity index (χ4v) is 5.05. The normalized spacial score (nSPS) is 18.0. The summed E-state index contributed by atoms with van der Waals surface area (Å²) in [5.74, 6) is 0.779. The maximum atomic E-state index is 10.6. The summed E-state index contributed by atoms with van der Waals surface area (Å²) in [6.07, 6.45) is 1.75. The summed E-state index contributed by atoms with van der Waals surface area (Å²) in [7, 11) is 0. The number of hydrogen-bond donors (Lipinski definition) is 2. The molecule has 1 aliphatic rings. The molecule has 3 heterocycles. The molecule has 0 unspecified atom stereocenters. The van der Waals surface area contributed by atoms with Crippen LogP contribution in [0.4, 0.5) is 5.69 Å². The van der Waals surface area contributed by atoms with Crippen LogP contribution >= 0.6 is 35.6 Å². The first-order chi connectivity index (χ1) is 15.6. The molecule has 32 heavy (non-hydrogen) atoms. The fraction of sp³-hybridized carbons (Fsp3) is 0.0833. The van der Waals surface area contributed by atoms with Gasteiger partial charge in [0.25, 0.3) is 0 Å². The lowest BCUT2D eigenvalue weighted by molar-refractivity contribution is 0.382. The number of phenolic OH excluding ortho intramolecular Hbond substituents is 1. The van der Waals surface area contributed by atoms with Gasteiger partial charge in [-0.2, -0.15) is 0 Å². The van der Waals surface area contributed by atoms with Gasteiger partial charge in [-0.1, -0.05) is 47.6 Å². The van der Waals surface area contributed by atoms with Gasteiger partial charge < -0.3 is 19.7 Å². The van der Waals surface area contributed by atoms with Crippen molar-refractivity contribution in [2.45, 2.75) is 22.1 Å². The van der Waals surface area contributed by atoms with E-state index in [1.54, 1.807) is 36.2 Å². The molecule has 1 fully saturated rings. The molecule has 1 saturated heterocycles. The molecule has 0 spiro atoms. The van der Waals surface area contributed by atoms with Crippen LogP contribution in [0.1, 0.15) is 23.5 Å². The van der Waals surface area contributed by atoms with Crippen LogP contribution in [0.25, 0.3) is 0 Å². The number of aromatic hydroxyl groups is 1. The Morgan fingerprint density at radius 2 is 1.84 bits per heavy atom. The number of hydrogen-bond acceptors (Lipinski definition) is 5. The Kier molecular flexibility index (Phi) is 5.78. The molecule has 0 amide bonds. The quantitative estimate of drug-likeness (QED) is 0.323. The maximum absolute atomic E-state index is 10.6. The number of benzene rings is 2. The van der Waals surface area contributed by atoms with Crippen LogP contribution in [0.15, 0.2) is 99.5 Å². The first-order valence-corrected chi connectivity index (χ1v) is 11.5. The highest BCUT2D eigenvalue weighted by Crippen LogP contribution is 2.46. The van der Waals surface area contributed by atoms with Gasteiger partial charge in [-0.25, -0.2) is 0 Å². The highest BCUT2D eigenvalue weighted by atomic mass is 35.5. The second kappa shape index (κ2) is 8.86. The molecule has 4 aromatic rings. The van der Waals surface area contributed by atoms with Crippen molar-refractivity contribution in [2.75, 3.05) is 4.90 Å². The number of thiocarbonyl (C=S) groups is 1. The van der Waals surface area contributed by atoms with Crippen molar-refractivity contribution in [1.29, 1.82) is 0 Å². The minimum Gasteiger partial charge on any atom is -0.506 e. The molecule has 2 atom stereocenters. The number of halogens is 1. The zero-order valence-corrected chi connectivity index (χ0v) is 19.1. The second-order valence-corrected chi connectivity index (χ2v) is 9.10. The maximum Gasteiger partial charge on any atom is 0.174 e. The lowest BCUT2D eigenvalue weighted by Gasteiger charge is -2.26. The average molecular weight is 480 g/mol. The number of furan rings is 1. The third-order valence-corrected chi connectivity index (χ3v) is 6.63. The van der Waals surface area contributed by atoms with E-state index in [1.807, 2.05) is 65.6 Å². The third kappa shape index (κ3) is 4.07. The van der Waals surface area contributed by atoms with Crippen molar-refractivity contribution in [3.8, 4) is 5.75 Å². The van der Waals surface area contributed by atoms with Gasteiger partial charge in [0.1, 0.15) is 17.6 Å². The zero-order chi connectivity index (χ0) is 22.1. The van der Waals surface area contributed by atoms with E-state index in [0.717, 1.165) is 15.7 Å². The number of aromatic nitrogens is 1. The summed E-state index contributed by atoms with van der Waals surface area (Å²) in [6, 6.07) is 23.9. The number of pyridine rings is 1. The van der Waals surface area contributed by atoms with E-state index in [1.165, 1.54) is 0 Å². The SMILES string of the molecule is Oc1ccc(Cl)cc1N1C(=S)N[C@H](c2ccccn2)[C@@H]1c1ccc(Sc2ccccc2)o1. The predicted octanol–water partition coefficient (Wildman–Crippen LogP) is 6.36. The molecule has 8 heteroatoms. The lowest BCUT2D eigenvalue weighted by Crippen LogP contribution is -2.29. The number of nitrogens with one attached hydrogen (secondary N) is 1. The molecule has 2 N–H and O–H groups in total. The summed E-state index contributed by atoms with van der Waals surface area (Å²) < 4.78 is 6.27. The molecule has 2 aromatic heterocycles. The number of rotatable bonds is 5. The van der Waals surface area contributed by atoms with Crippen LogP contribution in [0.2, 0.25) is 5.02 Å². The molecule has 5 nitrogen and oxygen atoms in total. The Morgan fingerprint density at radius 1 is 1.03 bits per heavy atom. The molecular weight excluding hydrogens is 462 g/mol. The van der Waals surface area contributed by atoms with E-state index >= 15 is 0 Å². The standard InChI is InChI=1S/C24H18ClN3O2S2/c25-15-9-10-19(29)18(14-15)28-23(22(27-24(28)31)17-8-4-5-13-26-17)20-11-12-21(30-20)32-16-6-2-1-3-7-16/h1-14,22-23,29H,(H,27,31)/t22-,23+/m1/s1. The Bertz CT molecular complexity index is 1250. The molecule has 0 saturated carbocycles. The smallest absolute Gasteiger partial charge is 0.174 e. The van der Waals surface area contributed by atoms with Crippen molar-refractivity contribution < 1.29 is 9.52 Å². The van der Waals surface area contributed by atoms with Crippen LogP contribution < -0.4 is 10.2 Å². The van der Waals surface area contributed by atoms with Crippen LogP contribution in [0.5, 0.6) is 5.75 Å². The Labute approximate surface area is 200 Å². The monoisotopic (exact) mass is 479 g/mol. The Morgan fingerprint density at radius 3 is 2.62 bits per heavy atom. The van der Waals surface area contributed by atoms with Crippen LogP contribution in [-0.2, 0) is 0 Å².